The fraction of sp³-hybridized carbons (Fsp3) is 0.412. The van der Waals surface area contributed by atoms with E-state index in [1.54, 1.807) is 39.0 Å². The van der Waals surface area contributed by atoms with E-state index >= 15 is 0 Å². The van der Waals surface area contributed by atoms with Crippen molar-refractivity contribution in [3.8, 4) is 17.2 Å². The Balaban J connectivity index is 1.86. The lowest BCUT2D eigenvalue weighted by Gasteiger charge is -2.19. The van der Waals surface area contributed by atoms with Gasteiger partial charge in [0.05, 0.1) is 11.4 Å². The monoisotopic (exact) mass is 360 g/mol. The Labute approximate surface area is 149 Å². The number of benzene rings is 1. The molecule has 1 aromatic heterocycles. The molecular weight excluding hydrogens is 340 g/mol. The molecule has 1 aliphatic rings. The third-order valence-corrected chi connectivity index (χ3v) is 4.10. The van der Waals surface area contributed by atoms with E-state index < -0.39 is 17.9 Å². The molecule has 0 spiro atoms. The van der Waals surface area contributed by atoms with Gasteiger partial charge in [0.15, 0.2) is 17.2 Å². The minimum absolute atomic E-state index is 0.0757. The SMILES string of the molecule is Cc1c(C(=O)N[C@H](C(=O)O)C(C)C)nnn1-c1ccc2c(c1)OCCO2. The average Bonchev–Trinajstić information content (AvgIpc) is 3.00. The van der Waals surface area contributed by atoms with Crippen molar-refractivity contribution in [1.82, 2.24) is 20.3 Å². The predicted molar refractivity (Wildman–Crippen MR) is 90.8 cm³/mol. The molecule has 9 heteroatoms. The first-order valence-corrected chi connectivity index (χ1v) is 8.24. The zero-order valence-electron chi connectivity index (χ0n) is 14.7. The van der Waals surface area contributed by atoms with Crippen LogP contribution < -0.4 is 14.8 Å². The van der Waals surface area contributed by atoms with E-state index in [1.165, 1.54) is 4.68 Å². The molecule has 0 bridgehead atoms. The molecule has 2 aromatic rings. The zero-order chi connectivity index (χ0) is 18.8. The van der Waals surface area contributed by atoms with E-state index in [1.807, 2.05) is 0 Å². The number of aromatic nitrogens is 3. The summed E-state index contributed by atoms with van der Waals surface area (Å²) >= 11 is 0. The van der Waals surface area contributed by atoms with Crippen molar-refractivity contribution in [3.05, 3.63) is 29.6 Å². The molecule has 0 saturated carbocycles. The molecule has 26 heavy (non-hydrogen) atoms. The molecule has 1 aliphatic heterocycles. The first-order chi connectivity index (χ1) is 12.4. The number of carboxylic acid groups (broad SMARTS) is 1. The van der Waals surface area contributed by atoms with Crippen LogP contribution in [0.5, 0.6) is 11.5 Å². The van der Waals surface area contributed by atoms with Crippen LogP contribution in [0.15, 0.2) is 18.2 Å². The molecule has 3 rings (SSSR count). The Morgan fingerprint density at radius 1 is 1.23 bits per heavy atom. The molecule has 0 unspecified atom stereocenters. The molecule has 138 valence electrons. The summed E-state index contributed by atoms with van der Waals surface area (Å²) in [6.45, 7) is 6.10. The van der Waals surface area contributed by atoms with Gasteiger partial charge < -0.3 is 19.9 Å². The van der Waals surface area contributed by atoms with Crippen LogP contribution >= 0.6 is 0 Å². The summed E-state index contributed by atoms with van der Waals surface area (Å²) in [6, 6.07) is 4.31. The van der Waals surface area contributed by atoms with Crippen LogP contribution in [-0.2, 0) is 4.79 Å². The fourth-order valence-corrected chi connectivity index (χ4v) is 2.67. The lowest BCUT2D eigenvalue weighted by atomic mass is 10.0. The summed E-state index contributed by atoms with van der Waals surface area (Å²) in [6.07, 6.45) is 0. The normalized spacial score (nSPS) is 14.2. The third-order valence-electron chi connectivity index (χ3n) is 4.10. The summed E-state index contributed by atoms with van der Waals surface area (Å²) in [5.74, 6) is -0.681. The zero-order valence-corrected chi connectivity index (χ0v) is 14.7. The number of hydrogen-bond donors (Lipinski definition) is 2. The maximum Gasteiger partial charge on any atom is 0.326 e. The highest BCUT2D eigenvalue weighted by Gasteiger charge is 2.27. The van der Waals surface area contributed by atoms with Gasteiger partial charge in [-0.15, -0.1) is 5.10 Å². The molecule has 0 radical (unpaired) electrons. The molecule has 2 N–H and O–H groups in total. The van der Waals surface area contributed by atoms with Crippen molar-refractivity contribution in [2.24, 2.45) is 5.92 Å². The minimum Gasteiger partial charge on any atom is -0.486 e. The van der Waals surface area contributed by atoms with Gasteiger partial charge in [-0.25, -0.2) is 9.48 Å². The number of aliphatic carboxylic acids is 1. The molecule has 1 aromatic carbocycles. The van der Waals surface area contributed by atoms with Crippen LogP contribution in [0.3, 0.4) is 0 Å². The Kier molecular flexibility index (Phi) is 4.79. The molecule has 1 amide bonds. The largest absolute Gasteiger partial charge is 0.486 e. The van der Waals surface area contributed by atoms with Crippen LogP contribution in [0, 0.1) is 12.8 Å². The van der Waals surface area contributed by atoms with E-state index in [-0.39, 0.29) is 11.6 Å². The second kappa shape index (κ2) is 7.03. The summed E-state index contributed by atoms with van der Waals surface area (Å²) in [7, 11) is 0. The van der Waals surface area contributed by atoms with Gasteiger partial charge in [0, 0.05) is 6.07 Å². The Bertz CT molecular complexity index is 846. The number of ether oxygens (including phenoxy) is 2. The fourth-order valence-electron chi connectivity index (χ4n) is 2.67. The van der Waals surface area contributed by atoms with E-state index in [4.69, 9.17) is 9.47 Å². The molecule has 2 heterocycles. The number of nitrogens with one attached hydrogen (secondary N) is 1. The number of amides is 1. The van der Waals surface area contributed by atoms with Crippen LogP contribution in [0.25, 0.3) is 5.69 Å². The highest BCUT2D eigenvalue weighted by molar-refractivity contribution is 5.95. The Hall–Kier alpha value is -3.10. The topological polar surface area (TPSA) is 116 Å². The predicted octanol–water partition coefficient (Wildman–Crippen LogP) is 1.19. The summed E-state index contributed by atoms with van der Waals surface area (Å²) in [4.78, 5) is 23.7. The molecule has 1 atom stereocenters. The summed E-state index contributed by atoms with van der Waals surface area (Å²) in [5.41, 5.74) is 1.23. The molecule has 9 nitrogen and oxygen atoms in total. The molecule has 0 saturated heterocycles. The smallest absolute Gasteiger partial charge is 0.326 e. The standard InChI is InChI=1S/C17H20N4O5/c1-9(2)14(17(23)24)18-16(22)15-10(3)21(20-19-15)11-4-5-12-13(8-11)26-7-6-25-12/h4-5,8-9,14H,6-7H2,1-3H3,(H,18,22)(H,23,24)/t14-/m0/s1. The van der Waals surface area contributed by atoms with Crippen molar-refractivity contribution >= 4 is 11.9 Å². The lowest BCUT2D eigenvalue weighted by Crippen LogP contribution is -2.44. The summed E-state index contributed by atoms with van der Waals surface area (Å²) < 4.78 is 12.5. The van der Waals surface area contributed by atoms with Crippen molar-refractivity contribution < 1.29 is 24.2 Å². The number of carboxylic acids is 1. The summed E-state index contributed by atoms with van der Waals surface area (Å²) in [5, 5.41) is 19.6. The van der Waals surface area contributed by atoms with Crippen LogP contribution in [-0.4, -0.2) is 51.2 Å². The number of carbonyl (C=O) groups is 2. The van der Waals surface area contributed by atoms with Crippen LogP contribution in [0.4, 0.5) is 0 Å². The van der Waals surface area contributed by atoms with Crippen LogP contribution in [0.1, 0.15) is 30.0 Å². The number of carbonyl (C=O) groups excluding carboxylic acids is 1. The molecule has 0 aliphatic carbocycles. The molecule has 0 fully saturated rings. The van der Waals surface area contributed by atoms with Gasteiger partial charge in [0.2, 0.25) is 0 Å². The van der Waals surface area contributed by atoms with E-state index in [9.17, 15) is 14.7 Å². The van der Waals surface area contributed by atoms with E-state index in [0.29, 0.717) is 36.1 Å². The van der Waals surface area contributed by atoms with E-state index in [2.05, 4.69) is 15.6 Å². The maximum absolute atomic E-state index is 12.4. The van der Waals surface area contributed by atoms with Gasteiger partial charge in [0.1, 0.15) is 19.3 Å². The van der Waals surface area contributed by atoms with Crippen molar-refractivity contribution in [1.29, 1.82) is 0 Å². The van der Waals surface area contributed by atoms with Gasteiger partial charge >= 0.3 is 5.97 Å². The van der Waals surface area contributed by atoms with Gasteiger partial charge in [-0.3, -0.25) is 4.79 Å². The number of hydrogen-bond acceptors (Lipinski definition) is 6. The van der Waals surface area contributed by atoms with Crippen LogP contribution in [0.2, 0.25) is 0 Å². The van der Waals surface area contributed by atoms with Crippen molar-refractivity contribution in [2.75, 3.05) is 13.2 Å². The van der Waals surface area contributed by atoms with E-state index in [0.717, 1.165) is 0 Å². The van der Waals surface area contributed by atoms with Gasteiger partial charge in [-0.1, -0.05) is 19.1 Å². The Morgan fingerprint density at radius 3 is 2.58 bits per heavy atom. The van der Waals surface area contributed by atoms with Crippen molar-refractivity contribution in [3.63, 3.8) is 0 Å². The van der Waals surface area contributed by atoms with Gasteiger partial charge in [-0.05, 0) is 25.0 Å². The Morgan fingerprint density at radius 2 is 1.92 bits per heavy atom. The lowest BCUT2D eigenvalue weighted by molar-refractivity contribution is -0.140. The quantitative estimate of drug-likeness (QED) is 0.823. The number of fused-ring (bicyclic) bond motifs is 1. The minimum atomic E-state index is -1.09. The first kappa shape index (κ1) is 17.7. The van der Waals surface area contributed by atoms with Gasteiger partial charge in [-0.2, -0.15) is 0 Å². The highest BCUT2D eigenvalue weighted by atomic mass is 16.6. The third kappa shape index (κ3) is 3.32. The number of rotatable bonds is 5. The number of nitrogens with zero attached hydrogens (tertiary/aromatic N) is 3. The second-order valence-corrected chi connectivity index (χ2v) is 6.30. The average molecular weight is 360 g/mol. The van der Waals surface area contributed by atoms with Crippen molar-refractivity contribution in [2.45, 2.75) is 26.8 Å². The molecular formula is C17H20N4O5. The second-order valence-electron chi connectivity index (χ2n) is 6.30. The van der Waals surface area contributed by atoms with Gasteiger partial charge in [0.25, 0.3) is 5.91 Å². The first-order valence-electron chi connectivity index (χ1n) is 8.24. The maximum atomic E-state index is 12.4. The highest BCUT2D eigenvalue weighted by Crippen LogP contribution is 2.32.